The average Bonchev–Trinajstić information content (AvgIpc) is 2.41. The molecule has 11 nitrogen and oxygen atoms in total. The highest BCUT2D eigenvalue weighted by molar-refractivity contribution is 5.92. The molecule has 0 fully saturated rings. The number of carbonyl (C=O) groups excluding carboxylic acids is 2. The number of carboxylic acid groups (broad SMARTS) is 3. The van der Waals surface area contributed by atoms with Crippen LogP contribution in [-0.4, -0.2) is 63.2 Å². The zero-order valence-electron chi connectivity index (χ0n) is 12.3. The second-order valence-electron chi connectivity index (χ2n) is 4.77. The lowest BCUT2D eigenvalue weighted by Gasteiger charge is -2.19. The molecule has 0 unspecified atom stereocenters. The Balaban J connectivity index is 4.56. The van der Waals surface area contributed by atoms with E-state index in [2.05, 4.69) is 10.6 Å². The predicted molar refractivity (Wildman–Crippen MR) is 74.3 cm³/mol. The summed E-state index contributed by atoms with van der Waals surface area (Å²) in [6.07, 6.45) is -1.41. The fourth-order valence-corrected chi connectivity index (χ4v) is 1.49. The second-order valence-corrected chi connectivity index (χ2v) is 4.77. The van der Waals surface area contributed by atoms with E-state index < -0.39 is 60.7 Å². The molecule has 0 aliphatic heterocycles. The molecule has 0 rings (SSSR count). The number of carbonyl (C=O) groups is 5. The highest BCUT2D eigenvalue weighted by Gasteiger charge is 2.26. The van der Waals surface area contributed by atoms with Gasteiger partial charge in [-0.2, -0.15) is 0 Å². The zero-order valence-corrected chi connectivity index (χ0v) is 12.3. The summed E-state index contributed by atoms with van der Waals surface area (Å²) in [6, 6.07) is -3.95. The van der Waals surface area contributed by atoms with Crippen molar-refractivity contribution in [3.05, 3.63) is 0 Å². The van der Waals surface area contributed by atoms with Gasteiger partial charge < -0.3 is 31.7 Å². The molecule has 130 valence electrons. The Morgan fingerprint density at radius 2 is 1.52 bits per heavy atom. The van der Waals surface area contributed by atoms with E-state index in [1.165, 1.54) is 6.92 Å². The van der Waals surface area contributed by atoms with Gasteiger partial charge in [-0.05, 0) is 13.3 Å². The van der Waals surface area contributed by atoms with E-state index in [0.717, 1.165) is 0 Å². The van der Waals surface area contributed by atoms with Gasteiger partial charge in [-0.1, -0.05) is 0 Å². The third-order valence-corrected chi connectivity index (χ3v) is 2.74. The van der Waals surface area contributed by atoms with Crippen molar-refractivity contribution in [2.24, 2.45) is 5.73 Å². The first kappa shape index (κ1) is 20.3. The van der Waals surface area contributed by atoms with Crippen LogP contribution in [-0.2, 0) is 24.0 Å². The van der Waals surface area contributed by atoms with Crippen molar-refractivity contribution < 1.29 is 39.3 Å². The summed E-state index contributed by atoms with van der Waals surface area (Å²) in [4.78, 5) is 55.1. The summed E-state index contributed by atoms with van der Waals surface area (Å²) < 4.78 is 0. The molecule has 3 atom stereocenters. The van der Waals surface area contributed by atoms with Crippen molar-refractivity contribution in [3.8, 4) is 0 Å². The minimum Gasteiger partial charge on any atom is -0.481 e. The monoisotopic (exact) mass is 333 g/mol. The van der Waals surface area contributed by atoms with E-state index in [-0.39, 0.29) is 6.42 Å². The van der Waals surface area contributed by atoms with Crippen LogP contribution < -0.4 is 16.4 Å². The van der Waals surface area contributed by atoms with Crippen molar-refractivity contribution in [2.45, 2.75) is 44.3 Å². The number of carboxylic acids is 3. The lowest BCUT2D eigenvalue weighted by molar-refractivity contribution is -0.143. The first-order valence-electron chi connectivity index (χ1n) is 6.57. The molecule has 0 saturated heterocycles. The number of hydrogen-bond donors (Lipinski definition) is 6. The molecule has 0 aromatic rings. The average molecular weight is 333 g/mol. The molecule has 7 N–H and O–H groups in total. The third kappa shape index (κ3) is 8.36. The van der Waals surface area contributed by atoms with E-state index in [4.69, 9.17) is 21.1 Å². The second kappa shape index (κ2) is 9.35. The minimum absolute atomic E-state index is 0.324. The molecule has 0 aromatic carbocycles. The number of amides is 2. The lowest BCUT2D eigenvalue weighted by atomic mass is 10.1. The van der Waals surface area contributed by atoms with Gasteiger partial charge in [-0.3, -0.25) is 19.2 Å². The van der Waals surface area contributed by atoms with Crippen LogP contribution in [0.15, 0.2) is 0 Å². The Kier molecular flexibility index (Phi) is 8.26. The molecule has 2 amide bonds. The molecule has 0 aromatic heterocycles. The van der Waals surface area contributed by atoms with E-state index in [1.807, 2.05) is 0 Å². The van der Waals surface area contributed by atoms with Crippen LogP contribution in [0, 0.1) is 0 Å². The van der Waals surface area contributed by atoms with Crippen LogP contribution in [0.3, 0.4) is 0 Å². The summed E-state index contributed by atoms with van der Waals surface area (Å²) in [5.41, 5.74) is 5.31. The molecule has 0 heterocycles. The van der Waals surface area contributed by atoms with Crippen molar-refractivity contribution in [1.29, 1.82) is 0 Å². The first-order valence-corrected chi connectivity index (χ1v) is 6.57. The standard InChI is InChI=1S/C12H19N3O8/c1-5(14-11(21)6(13)4-9(18)19)10(20)15-7(12(22)23)2-3-8(16)17/h5-7H,2-4,13H2,1H3,(H,14,21)(H,15,20)(H,16,17)(H,18,19)(H,22,23)/t5-,6-,7-/m0/s1. The molecule has 0 aliphatic rings. The molecule has 0 radical (unpaired) electrons. The van der Waals surface area contributed by atoms with Crippen LogP contribution in [0.5, 0.6) is 0 Å². The largest absolute Gasteiger partial charge is 0.481 e. The highest BCUT2D eigenvalue weighted by atomic mass is 16.4. The highest BCUT2D eigenvalue weighted by Crippen LogP contribution is 1.99. The minimum atomic E-state index is -1.43. The Morgan fingerprint density at radius 3 is 1.96 bits per heavy atom. The number of rotatable bonds is 10. The van der Waals surface area contributed by atoms with Gasteiger partial charge in [-0.25, -0.2) is 4.79 Å². The van der Waals surface area contributed by atoms with E-state index >= 15 is 0 Å². The Bertz CT molecular complexity index is 493. The lowest BCUT2D eigenvalue weighted by Crippen LogP contribution is -2.53. The Morgan fingerprint density at radius 1 is 0.957 bits per heavy atom. The number of aliphatic carboxylic acids is 3. The van der Waals surface area contributed by atoms with Crippen molar-refractivity contribution in [2.75, 3.05) is 0 Å². The van der Waals surface area contributed by atoms with E-state index in [9.17, 15) is 24.0 Å². The molecular weight excluding hydrogens is 314 g/mol. The summed E-state index contributed by atoms with van der Waals surface area (Å²) in [6.45, 7) is 1.25. The van der Waals surface area contributed by atoms with Gasteiger partial charge in [-0.15, -0.1) is 0 Å². The number of hydrogen-bond acceptors (Lipinski definition) is 6. The molecule has 11 heteroatoms. The molecule has 0 aliphatic carbocycles. The third-order valence-electron chi connectivity index (χ3n) is 2.74. The molecule has 0 bridgehead atoms. The van der Waals surface area contributed by atoms with Gasteiger partial charge >= 0.3 is 17.9 Å². The maximum atomic E-state index is 11.8. The van der Waals surface area contributed by atoms with Crippen LogP contribution in [0.25, 0.3) is 0 Å². The van der Waals surface area contributed by atoms with Crippen molar-refractivity contribution in [3.63, 3.8) is 0 Å². The van der Waals surface area contributed by atoms with Gasteiger partial charge in [0.05, 0.1) is 12.5 Å². The smallest absolute Gasteiger partial charge is 0.326 e. The van der Waals surface area contributed by atoms with Gasteiger partial charge in [0.2, 0.25) is 11.8 Å². The molecule has 0 saturated carbocycles. The predicted octanol–water partition coefficient (Wildman–Crippen LogP) is -2.27. The van der Waals surface area contributed by atoms with Crippen LogP contribution >= 0.6 is 0 Å². The zero-order chi connectivity index (χ0) is 18.2. The Labute approximate surface area is 130 Å². The SMILES string of the molecule is C[C@H](NC(=O)[C@@H](N)CC(=O)O)C(=O)N[C@@H](CCC(=O)O)C(=O)O. The van der Waals surface area contributed by atoms with Gasteiger partial charge in [0, 0.05) is 6.42 Å². The summed E-state index contributed by atoms with van der Waals surface area (Å²) >= 11 is 0. The fourth-order valence-electron chi connectivity index (χ4n) is 1.49. The van der Waals surface area contributed by atoms with E-state index in [1.54, 1.807) is 0 Å². The van der Waals surface area contributed by atoms with Crippen LogP contribution in [0.4, 0.5) is 0 Å². The summed E-state index contributed by atoms with van der Waals surface area (Å²) in [5.74, 6) is -5.66. The van der Waals surface area contributed by atoms with Crippen LogP contribution in [0.1, 0.15) is 26.2 Å². The maximum absolute atomic E-state index is 11.8. The Hall–Kier alpha value is -2.69. The molecule has 23 heavy (non-hydrogen) atoms. The first-order chi connectivity index (χ1) is 10.5. The van der Waals surface area contributed by atoms with Gasteiger partial charge in [0.1, 0.15) is 12.1 Å². The fraction of sp³-hybridized carbons (Fsp3) is 0.583. The van der Waals surface area contributed by atoms with Crippen molar-refractivity contribution >= 4 is 29.7 Å². The number of nitrogens with one attached hydrogen (secondary N) is 2. The van der Waals surface area contributed by atoms with Crippen LogP contribution in [0.2, 0.25) is 0 Å². The summed E-state index contributed by atoms with van der Waals surface area (Å²) in [7, 11) is 0. The number of nitrogens with two attached hydrogens (primary N) is 1. The van der Waals surface area contributed by atoms with Gasteiger partial charge in [0.15, 0.2) is 0 Å². The maximum Gasteiger partial charge on any atom is 0.326 e. The van der Waals surface area contributed by atoms with Gasteiger partial charge in [0.25, 0.3) is 0 Å². The molecule has 0 spiro atoms. The summed E-state index contributed by atoms with van der Waals surface area (Å²) in [5, 5.41) is 30.2. The van der Waals surface area contributed by atoms with Crippen molar-refractivity contribution in [1.82, 2.24) is 10.6 Å². The molecular formula is C12H19N3O8. The quantitative estimate of drug-likeness (QED) is 0.255. The normalized spacial score (nSPS) is 14.2. The van der Waals surface area contributed by atoms with E-state index in [0.29, 0.717) is 0 Å². The topological polar surface area (TPSA) is 196 Å².